The lowest BCUT2D eigenvalue weighted by Crippen LogP contribution is -2.52. The van der Waals surface area contributed by atoms with Crippen molar-refractivity contribution in [2.75, 3.05) is 29.9 Å². The summed E-state index contributed by atoms with van der Waals surface area (Å²) in [5.74, 6) is 0.955. The van der Waals surface area contributed by atoms with Crippen molar-refractivity contribution in [2.45, 2.75) is 82.8 Å². The third-order valence-electron chi connectivity index (χ3n) is 7.45. The van der Waals surface area contributed by atoms with Gasteiger partial charge in [-0.2, -0.15) is 18.2 Å². The molecule has 218 valence electrons. The van der Waals surface area contributed by atoms with Crippen molar-refractivity contribution in [3.63, 3.8) is 0 Å². The monoisotopic (exact) mass is 567 g/mol. The van der Waals surface area contributed by atoms with E-state index in [1.807, 2.05) is 0 Å². The molecule has 0 spiro atoms. The Balaban J connectivity index is 1.42. The average Bonchev–Trinajstić information content (AvgIpc) is 3.29. The molecule has 3 aromatic rings. The number of nitrogens with zero attached hydrogens (tertiary/aromatic N) is 6. The number of alkyl halides is 4. The Morgan fingerprint density at radius 1 is 1.20 bits per heavy atom. The molecule has 5 heterocycles. The molecule has 0 bridgehead atoms. The second-order valence-electron chi connectivity index (χ2n) is 10.6. The van der Waals surface area contributed by atoms with Crippen molar-refractivity contribution in [1.82, 2.24) is 24.5 Å². The normalized spacial score (nSPS) is 25.6. The molecule has 2 N–H and O–H groups in total. The average molecular weight is 568 g/mol. The number of ether oxygens (including phenoxy) is 2. The molecule has 0 amide bonds. The number of fused-ring (bicyclic) bond motifs is 1. The van der Waals surface area contributed by atoms with Gasteiger partial charge in [0.25, 0.3) is 0 Å². The van der Waals surface area contributed by atoms with Crippen LogP contribution in [0.15, 0.2) is 24.5 Å². The van der Waals surface area contributed by atoms with E-state index in [-0.39, 0.29) is 41.6 Å². The molecule has 14 heteroatoms. The van der Waals surface area contributed by atoms with E-state index in [9.17, 15) is 22.7 Å². The van der Waals surface area contributed by atoms with E-state index in [0.29, 0.717) is 25.4 Å². The van der Waals surface area contributed by atoms with Gasteiger partial charge >= 0.3 is 6.18 Å². The van der Waals surface area contributed by atoms with E-state index >= 15 is 0 Å². The van der Waals surface area contributed by atoms with Crippen LogP contribution < -0.4 is 10.2 Å². The van der Waals surface area contributed by atoms with Gasteiger partial charge in [-0.15, -0.1) is 0 Å². The number of hydrogen-bond acceptors (Lipinski definition) is 9. The van der Waals surface area contributed by atoms with Crippen molar-refractivity contribution < 1.29 is 32.1 Å². The number of rotatable bonds is 7. The minimum atomic E-state index is -4.53. The molecule has 5 atom stereocenters. The Kier molecular flexibility index (Phi) is 7.86. The lowest BCUT2D eigenvalue weighted by Gasteiger charge is -2.38. The molecule has 40 heavy (non-hydrogen) atoms. The number of hydrogen-bond donors (Lipinski definition) is 2. The van der Waals surface area contributed by atoms with E-state index in [1.165, 1.54) is 25.4 Å². The Labute approximate surface area is 228 Å². The molecule has 0 saturated carbocycles. The first-order valence-electron chi connectivity index (χ1n) is 13.4. The Bertz CT molecular complexity index is 1330. The van der Waals surface area contributed by atoms with Crippen molar-refractivity contribution >= 4 is 28.6 Å². The number of halogens is 4. The predicted octanol–water partition coefficient (Wildman–Crippen LogP) is 4.99. The molecule has 0 aliphatic carbocycles. The van der Waals surface area contributed by atoms with Crippen LogP contribution in [0.5, 0.6) is 0 Å². The molecular formula is C26H33F4N7O3. The van der Waals surface area contributed by atoms with Gasteiger partial charge in [0.1, 0.15) is 41.3 Å². The van der Waals surface area contributed by atoms with Crippen LogP contribution in [0.1, 0.15) is 64.4 Å². The van der Waals surface area contributed by atoms with Crippen molar-refractivity contribution in [3.8, 4) is 0 Å². The molecule has 0 radical (unpaired) electrons. The summed E-state index contributed by atoms with van der Waals surface area (Å²) in [6, 6.07) is 1.18. The Hall–Kier alpha value is -3.10. The van der Waals surface area contributed by atoms with Gasteiger partial charge in [0.05, 0.1) is 23.9 Å². The highest BCUT2D eigenvalue weighted by atomic mass is 19.4. The first-order chi connectivity index (χ1) is 18.9. The summed E-state index contributed by atoms with van der Waals surface area (Å²) in [5.41, 5.74) is -0.896. The van der Waals surface area contributed by atoms with Crippen LogP contribution >= 0.6 is 0 Å². The van der Waals surface area contributed by atoms with Gasteiger partial charge in [-0.3, -0.25) is 0 Å². The Morgan fingerprint density at radius 2 is 2.00 bits per heavy atom. The highest BCUT2D eigenvalue weighted by Crippen LogP contribution is 2.37. The fraction of sp³-hybridized carbons (Fsp3) is 0.615. The van der Waals surface area contributed by atoms with Crippen LogP contribution in [0.4, 0.5) is 35.1 Å². The summed E-state index contributed by atoms with van der Waals surface area (Å²) in [6.45, 7) is 5.04. The van der Waals surface area contributed by atoms with Crippen molar-refractivity contribution in [2.24, 2.45) is 0 Å². The smallest absolute Gasteiger partial charge is 0.387 e. The first kappa shape index (κ1) is 28.4. The van der Waals surface area contributed by atoms with Crippen LogP contribution in [-0.4, -0.2) is 73.5 Å². The molecular weight excluding hydrogens is 534 g/mol. The lowest BCUT2D eigenvalue weighted by atomic mass is 9.92. The molecule has 10 nitrogen and oxygen atoms in total. The van der Waals surface area contributed by atoms with Crippen LogP contribution in [0, 0.1) is 0 Å². The van der Waals surface area contributed by atoms with Gasteiger partial charge in [-0.25, -0.2) is 19.3 Å². The van der Waals surface area contributed by atoms with E-state index in [2.05, 4.69) is 25.3 Å². The summed E-state index contributed by atoms with van der Waals surface area (Å²) < 4.78 is 69.0. The van der Waals surface area contributed by atoms with Crippen LogP contribution in [0.3, 0.4) is 0 Å². The largest absolute Gasteiger partial charge is 0.408 e. The van der Waals surface area contributed by atoms with Gasteiger partial charge in [0.2, 0.25) is 5.95 Å². The second-order valence-corrected chi connectivity index (χ2v) is 10.6. The SMILES string of the molecule is CC(O[C@@H]1CCCCO1)c1nc2cnc(Nc3ccnc(N4CC[C@](C)(O)[C@H](F)C4)n3)cc2n1[C@@H](C)C(F)(F)F. The number of nitrogens with one attached hydrogen (secondary N) is 1. The highest BCUT2D eigenvalue weighted by molar-refractivity contribution is 5.79. The van der Waals surface area contributed by atoms with Gasteiger partial charge in [0.15, 0.2) is 6.29 Å². The minimum absolute atomic E-state index is 0.0654. The standard InChI is InChI=1S/C26H33F4N7O3/c1-15(40-22-6-4-5-11-39-22)23-33-17-13-32-21(12-18(17)37(23)16(2)26(28,29)30)34-20-7-9-31-24(35-20)36-10-8-25(3,38)19(27)14-36/h7,9,12-13,15-16,19,22,38H,4-6,8,10-11,14H2,1-3H3,(H,31,32,34,35)/t15?,16-,19+,22+,25-/m0/s1. The summed E-state index contributed by atoms with van der Waals surface area (Å²) in [6.07, 6.45) is -1.65. The van der Waals surface area contributed by atoms with Gasteiger partial charge < -0.3 is 29.4 Å². The third-order valence-corrected chi connectivity index (χ3v) is 7.45. The molecule has 2 aliphatic heterocycles. The number of aromatic nitrogens is 5. The molecule has 2 saturated heterocycles. The van der Waals surface area contributed by atoms with E-state index in [0.717, 1.165) is 24.3 Å². The maximum atomic E-state index is 14.4. The van der Waals surface area contributed by atoms with Gasteiger partial charge in [0, 0.05) is 25.4 Å². The number of aliphatic hydroxyl groups is 1. The first-order valence-corrected chi connectivity index (χ1v) is 13.4. The molecule has 3 aromatic heterocycles. The van der Waals surface area contributed by atoms with E-state index in [4.69, 9.17) is 9.47 Å². The number of imidazole rings is 1. The zero-order valence-electron chi connectivity index (χ0n) is 22.5. The van der Waals surface area contributed by atoms with Crippen LogP contribution in [-0.2, 0) is 9.47 Å². The number of anilines is 3. The van der Waals surface area contributed by atoms with Crippen LogP contribution in [0.2, 0.25) is 0 Å². The summed E-state index contributed by atoms with van der Waals surface area (Å²) in [5, 5.41) is 13.1. The van der Waals surface area contributed by atoms with Crippen LogP contribution in [0.25, 0.3) is 11.0 Å². The Morgan fingerprint density at radius 3 is 2.70 bits per heavy atom. The fourth-order valence-electron chi connectivity index (χ4n) is 4.92. The lowest BCUT2D eigenvalue weighted by molar-refractivity contribution is -0.190. The molecule has 2 aliphatic rings. The number of pyridine rings is 1. The molecule has 2 fully saturated rings. The van der Waals surface area contributed by atoms with E-state index in [1.54, 1.807) is 17.9 Å². The third kappa shape index (κ3) is 5.98. The second kappa shape index (κ2) is 11.1. The van der Waals surface area contributed by atoms with Gasteiger partial charge in [-0.05, 0) is 52.5 Å². The topological polar surface area (TPSA) is 110 Å². The summed E-state index contributed by atoms with van der Waals surface area (Å²) >= 11 is 0. The molecule has 1 unspecified atom stereocenters. The van der Waals surface area contributed by atoms with Gasteiger partial charge in [-0.1, -0.05) is 0 Å². The maximum absolute atomic E-state index is 14.4. The molecule has 0 aromatic carbocycles. The highest BCUT2D eigenvalue weighted by Gasteiger charge is 2.41. The zero-order valence-corrected chi connectivity index (χ0v) is 22.5. The molecule has 5 rings (SSSR count). The minimum Gasteiger partial charge on any atom is -0.387 e. The van der Waals surface area contributed by atoms with Crippen molar-refractivity contribution in [3.05, 3.63) is 30.4 Å². The summed E-state index contributed by atoms with van der Waals surface area (Å²) in [7, 11) is 0. The quantitative estimate of drug-likeness (QED) is 0.382. The summed E-state index contributed by atoms with van der Waals surface area (Å²) in [4.78, 5) is 19.1. The fourth-order valence-corrected chi connectivity index (χ4v) is 4.92. The van der Waals surface area contributed by atoms with Crippen molar-refractivity contribution in [1.29, 1.82) is 0 Å². The number of piperidine rings is 1. The van der Waals surface area contributed by atoms with E-state index < -0.39 is 36.4 Å². The maximum Gasteiger partial charge on any atom is 0.408 e. The predicted molar refractivity (Wildman–Crippen MR) is 139 cm³/mol. The zero-order chi connectivity index (χ0) is 28.7.